The van der Waals surface area contributed by atoms with E-state index in [2.05, 4.69) is 58.1 Å². The number of rotatable bonds is 3. The summed E-state index contributed by atoms with van der Waals surface area (Å²) >= 11 is 12.0. The molecule has 4 nitrogen and oxygen atoms in total. The van der Waals surface area contributed by atoms with E-state index in [4.69, 9.17) is 28.6 Å². The first-order valence-electron chi connectivity index (χ1n) is 9.64. The number of para-hydroxylation sites is 1. The quantitative estimate of drug-likeness (QED) is 0.621. The second-order valence-electron chi connectivity index (χ2n) is 7.54. The number of aromatic amines is 1. The van der Waals surface area contributed by atoms with Crippen molar-refractivity contribution in [3.8, 4) is 0 Å². The van der Waals surface area contributed by atoms with Gasteiger partial charge in [0.25, 0.3) is 5.17 Å². The van der Waals surface area contributed by atoms with Crippen molar-refractivity contribution in [2.24, 2.45) is 0 Å². The lowest BCUT2D eigenvalue weighted by Crippen LogP contribution is -2.44. The maximum atomic E-state index is 6.64. The number of benzene rings is 2. The van der Waals surface area contributed by atoms with Gasteiger partial charge in [-0.25, -0.2) is 0 Å². The van der Waals surface area contributed by atoms with Crippen LogP contribution in [0, 0.1) is 0 Å². The molecule has 28 heavy (non-hydrogen) atoms. The second kappa shape index (κ2) is 7.07. The van der Waals surface area contributed by atoms with Crippen LogP contribution in [0.4, 0.5) is 0 Å². The zero-order valence-corrected chi connectivity index (χ0v) is 17.3. The predicted octanol–water partition coefficient (Wildman–Crippen LogP) is 4.90. The summed E-state index contributed by atoms with van der Waals surface area (Å²) in [5.41, 5.74) is 4.99. The van der Waals surface area contributed by atoms with E-state index in [1.165, 1.54) is 27.7 Å². The summed E-state index contributed by atoms with van der Waals surface area (Å²) in [6, 6.07) is 17.0. The second-order valence-corrected chi connectivity index (χ2v) is 8.30. The molecule has 1 aromatic heterocycles. The summed E-state index contributed by atoms with van der Waals surface area (Å²) < 4.78 is 5.49. The number of hydrogen-bond donors (Lipinski definition) is 1. The third-order valence-electron chi connectivity index (χ3n) is 5.99. The normalized spacial score (nSPS) is 22.5. The van der Waals surface area contributed by atoms with Crippen LogP contribution in [0.25, 0.3) is 10.9 Å². The van der Waals surface area contributed by atoms with Gasteiger partial charge in [0.15, 0.2) is 0 Å². The highest BCUT2D eigenvalue weighted by molar-refractivity contribution is 7.80. The van der Waals surface area contributed by atoms with Crippen LogP contribution >= 0.6 is 23.8 Å². The van der Waals surface area contributed by atoms with Gasteiger partial charge >= 0.3 is 0 Å². The van der Waals surface area contributed by atoms with Gasteiger partial charge in [-0.15, -0.1) is 0 Å². The monoisotopic (exact) mass is 411 g/mol. The van der Waals surface area contributed by atoms with Gasteiger partial charge in [0.2, 0.25) is 0 Å². The molecule has 2 aliphatic heterocycles. The zero-order chi connectivity index (χ0) is 19.3. The summed E-state index contributed by atoms with van der Waals surface area (Å²) in [5.74, 6) is 0.202. The smallest absolute Gasteiger partial charge is 0.260 e. The van der Waals surface area contributed by atoms with E-state index in [1.807, 2.05) is 12.1 Å². The minimum atomic E-state index is 0.202. The lowest BCUT2D eigenvalue weighted by molar-refractivity contribution is 0.130. The number of nitrogens with one attached hydrogen (secondary N) is 1. The maximum absolute atomic E-state index is 6.64. The van der Waals surface area contributed by atoms with Gasteiger partial charge in [-0.1, -0.05) is 48.0 Å². The van der Waals surface area contributed by atoms with Gasteiger partial charge in [0.05, 0.1) is 13.2 Å². The Bertz CT molecular complexity index is 1050. The molecule has 2 atom stereocenters. The molecule has 1 fully saturated rings. The Kier molecular flexibility index (Phi) is 4.54. The van der Waals surface area contributed by atoms with Crippen molar-refractivity contribution >= 4 is 39.9 Å². The predicted molar refractivity (Wildman–Crippen MR) is 117 cm³/mol. The fourth-order valence-corrected chi connectivity index (χ4v) is 5.02. The first-order chi connectivity index (χ1) is 13.6. The molecule has 0 amide bonds. The third-order valence-corrected chi connectivity index (χ3v) is 6.71. The van der Waals surface area contributed by atoms with Gasteiger partial charge in [-0.05, 0) is 42.4 Å². The molecule has 2 aliphatic rings. The Labute approximate surface area is 175 Å². The molecule has 3 heterocycles. The fourth-order valence-electron chi connectivity index (χ4n) is 4.52. The summed E-state index contributed by atoms with van der Waals surface area (Å²) in [4.78, 5) is 8.29. The Morgan fingerprint density at radius 1 is 1.18 bits per heavy atom. The number of halogens is 1. The number of hydrogen-bond acceptors (Lipinski definition) is 3. The van der Waals surface area contributed by atoms with Crippen LogP contribution < -0.4 is 0 Å². The van der Waals surface area contributed by atoms with E-state index in [-0.39, 0.29) is 12.0 Å². The molecule has 0 saturated carbocycles. The summed E-state index contributed by atoms with van der Waals surface area (Å²) in [7, 11) is 0. The van der Waals surface area contributed by atoms with Gasteiger partial charge in [0, 0.05) is 40.1 Å². The Hall–Kier alpha value is -2.08. The Balaban J connectivity index is 1.62. The average molecular weight is 412 g/mol. The van der Waals surface area contributed by atoms with Crippen LogP contribution in [0.2, 0.25) is 5.02 Å². The van der Waals surface area contributed by atoms with Crippen LogP contribution in [0.15, 0.2) is 48.5 Å². The van der Waals surface area contributed by atoms with Crippen molar-refractivity contribution in [1.82, 2.24) is 14.8 Å². The molecule has 3 aromatic rings. The highest BCUT2D eigenvalue weighted by Gasteiger charge is 2.36. The Morgan fingerprint density at radius 3 is 2.75 bits per heavy atom. The van der Waals surface area contributed by atoms with Crippen LogP contribution in [0.1, 0.15) is 35.7 Å². The van der Waals surface area contributed by atoms with Crippen molar-refractivity contribution in [3.63, 3.8) is 0 Å². The fraction of sp³-hybridized carbons (Fsp3) is 0.318. The molecule has 5 rings (SSSR count). The number of aromatic nitrogens is 1. The molecule has 0 bridgehead atoms. The molecule has 144 valence electrons. The van der Waals surface area contributed by atoms with Crippen molar-refractivity contribution in [2.45, 2.75) is 18.9 Å². The molecule has 0 aliphatic carbocycles. The Morgan fingerprint density at radius 2 is 1.96 bits per heavy atom. The number of H-pyrrole nitrogens is 1. The molecule has 1 N–H and O–H groups in total. The number of ether oxygens (including phenoxy) is 1. The van der Waals surface area contributed by atoms with Crippen molar-refractivity contribution in [1.29, 1.82) is 0 Å². The van der Waals surface area contributed by atoms with Gasteiger partial charge in [-0.3, -0.25) is 4.90 Å². The third kappa shape index (κ3) is 2.89. The van der Waals surface area contributed by atoms with Crippen LogP contribution in [0.3, 0.4) is 0 Å². The molecular formula is C22H22ClN3OS. The molecule has 2 aromatic carbocycles. The summed E-state index contributed by atoms with van der Waals surface area (Å²) in [6.45, 7) is 5.43. The van der Waals surface area contributed by atoms with E-state index in [9.17, 15) is 0 Å². The van der Waals surface area contributed by atoms with Gasteiger partial charge < -0.3 is 14.6 Å². The maximum Gasteiger partial charge on any atom is 0.260 e. The molecule has 0 unspecified atom stereocenters. The molecular weight excluding hydrogens is 390 g/mol. The molecule has 0 radical (unpaired) electrons. The highest BCUT2D eigenvalue weighted by Crippen LogP contribution is 2.44. The van der Waals surface area contributed by atoms with Crippen LogP contribution in [-0.4, -0.2) is 46.3 Å². The van der Waals surface area contributed by atoms with Crippen molar-refractivity contribution in [2.75, 3.05) is 26.4 Å². The molecule has 0 spiro atoms. The average Bonchev–Trinajstić information content (AvgIpc) is 3.29. The molecule has 6 heteroatoms. The lowest BCUT2D eigenvalue weighted by Gasteiger charge is -2.40. The van der Waals surface area contributed by atoms with E-state index in [0.717, 1.165) is 24.8 Å². The van der Waals surface area contributed by atoms with Gasteiger partial charge in [0.1, 0.15) is 6.61 Å². The number of thiocarbonyl (C=S) groups is 1. The zero-order valence-electron chi connectivity index (χ0n) is 15.7. The van der Waals surface area contributed by atoms with Crippen molar-refractivity contribution in [3.05, 3.63) is 70.4 Å². The van der Waals surface area contributed by atoms with Crippen LogP contribution in [-0.2, 0) is 4.74 Å². The largest absolute Gasteiger partial charge is 0.469 e. The van der Waals surface area contributed by atoms with E-state index in [1.54, 1.807) is 0 Å². The van der Waals surface area contributed by atoms with E-state index >= 15 is 0 Å². The summed E-state index contributed by atoms with van der Waals surface area (Å²) in [5, 5.41) is 2.70. The molecule has 1 saturated heterocycles. The van der Waals surface area contributed by atoms with E-state index < -0.39 is 0 Å². The minimum Gasteiger partial charge on any atom is -0.469 e. The minimum absolute atomic E-state index is 0.202. The SMILES string of the molecule is C[C@@H]1c2[nH]c3ccccc3c2[C@H](c2ccccc2Cl)CN1CN1CCOC1=S. The van der Waals surface area contributed by atoms with Crippen molar-refractivity contribution < 1.29 is 4.74 Å². The number of fused-ring (bicyclic) bond motifs is 3. The number of nitrogens with zero attached hydrogens (tertiary/aromatic N) is 2. The summed E-state index contributed by atoms with van der Waals surface area (Å²) in [6.07, 6.45) is 0. The lowest BCUT2D eigenvalue weighted by atomic mass is 9.84. The highest BCUT2D eigenvalue weighted by atomic mass is 35.5. The van der Waals surface area contributed by atoms with Gasteiger partial charge in [-0.2, -0.15) is 0 Å². The first kappa shape index (κ1) is 18.0. The topological polar surface area (TPSA) is 31.5 Å². The van der Waals surface area contributed by atoms with E-state index in [0.29, 0.717) is 11.8 Å². The first-order valence-corrected chi connectivity index (χ1v) is 10.4. The van der Waals surface area contributed by atoms with Crippen LogP contribution in [0.5, 0.6) is 0 Å². The standard InChI is InChI=1S/C22H22ClN3OS/c1-14-21-20(16-7-3-5-9-19(16)24-21)17(15-6-2-4-8-18(15)23)12-26(14)13-25-10-11-27-22(25)28/h2-9,14,17,24H,10-13H2,1H3/t14-,17+/m1/s1.